The largest absolute Gasteiger partial charge is 0.325 e. The van der Waals surface area contributed by atoms with E-state index >= 15 is 0 Å². The van der Waals surface area contributed by atoms with Gasteiger partial charge in [-0.05, 0) is 12.0 Å². The molecule has 5 heteroatoms. The van der Waals surface area contributed by atoms with Crippen LogP contribution in [-0.2, 0) is 15.1 Å². The van der Waals surface area contributed by atoms with Crippen molar-refractivity contribution in [3.05, 3.63) is 35.9 Å². The van der Waals surface area contributed by atoms with Crippen molar-refractivity contribution in [3.63, 3.8) is 0 Å². The molecule has 0 unspecified atom stereocenters. The second-order valence-corrected chi connectivity index (χ2v) is 6.62. The predicted molar refractivity (Wildman–Crippen MR) is 83.1 cm³/mol. The maximum absolute atomic E-state index is 12.8. The number of hydrogen-bond donors (Lipinski definition) is 1. The Morgan fingerprint density at radius 2 is 1.77 bits per heavy atom. The van der Waals surface area contributed by atoms with Crippen LogP contribution in [0.3, 0.4) is 0 Å². The molecular weight excluding hydrogens is 280 g/mol. The van der Waals surface area contributed by atoms with Crippen LogP contribution in [0.4, 0.5) is 4.79 Å². The molecule has 0 spiro atoms. The number of benzene rings is 1. The van der Waals surface area contributed by atoms with E-state index in [-0.39, 0.29) is 18.2 Å². The van der Waals surface area contributed by atoms with Gasteiger partial charge in [-0.15, -0.1) is 0 Å². The molecular formula is C17H22N2O3. The fraction of sp³-hybridized carbons (Fsp3) is 0.471. The van der Waals surface area contributed by atoms with Crippen molar-refractivity contribution in [2.45, 2.75) is 39.7 Å². The summed E-state index contributed by atoms with van der Waals surface area (Å²) in [6.45, 7) is 6.98. The molecule has 1 aliphatic heterocycles. The Labute approximate surface area is 130 Å². The first-order valence-corrected chi connectivity index (χ1v) is 7.45. The summed E-state index contributed by atoms with van der Waals surface area (Å²) in [5, 5.41) is 2.78. The molecule has 1 N–H and O–H groups in total. The first kappa shape index (κ1) is 16.2. The van der Waals surface area contributed by atoms with E-state index in [9.17, 15) is 14.4 Å². The summed E-state index contributed by atoms with van der Waals surface area (Å²) in [5.74, 6) is -0.500. The van der Waals surface area contributed by atoms with E-state index in [1.54, 1.807) is 20.8 Å². The fourth-order valence-corrected chi connectivity index (χ4v) is 2.51. The number of carbonyl (C=O) groups excluding carboxylic acids is 3. The van der Waals surface area contributed by atoms with E-state index in [0.717, 1.165) is 10.5 Å². The molecule has 1 heterocycles. The summed E-state index contributed by atoms with van der Waals surface area (Å²) in [4.78, 5) is 38.3. The van der Waals surface area contributed by atoms with Gasteiger partial charge in [-0.1, -0.05) is 58.0 Å². The third-order valence-corrected chi connectivity index (χ3v) is 4.11. The van der Waals surface area contributed by atoms with E-state index in [1.807, 2.05) is 37.3 Å². The normalized spacial score (nSPS) is 21.9. The minimum absolute atomic E-state index is 0.143. The first-order chi connectivity index (χ1) is 10.2. The molecule has 1 aromatic carbocycles. The molecule has 3 amide bonds. The number of rotatable bonds is 4. The molecule has 0 bridgehead atoms. The van der Waals surface area contributed by atoms with Crippen molar-refractivity contribution >= 4 is 17.7 Å². The quantitative estimate of drug-likeness (QED) is 0.869. The van der Waals surface area contributed by atoms with Gasteiger partial charge in [0.2, 0.25) is 0 Å². The molecule has 118 valence electrons. The molecule has 0 aliphatic carbocycles. The Morgan fingerprint density at radius 3 is 2.27 bits per heavy atom. The van der Waals surface area contributed by atoms with Gasteiger partial charge >= 0.3 is 6.03 Å². The highest BCUT2D eigenvalue weighted by Crippen LogP contribution is 2.32. The van der Waals surface area contributed by atoms with Crippen molar-refractivity contribution < 1.29 is 14.4 Å². The van der Waals surface area contributed by atoms with E-state index < -0.39 is 17.0 Å². The van der Waals surface area contributed by atoms with Crippen molar-refractivity contribution in [1.82, 2.24) is 10.2 Å². The van der Waals surface area contributed by atoms with Crippen molar-refractivity contribution in [3.8, 4) is 0 Å². The van der Waals surface area contributed by atoms with Gasteiger partial charge in [0.25, 0.3) is 5.91 Å². The molecule has 0 saturated carbocycles. The van der Waals surface area contributed by atoms with Crippen LogP contribution in [-0.4, -0.2) is 29.2 Å². The molecule has 1 saturated heterocycles. The predicted octanol–water partition coefficient (Wildman–Crippen LogP) is 2.46. The van der Waals surface area contributed by atoms with Crippen LogP contribution >= 0.6 is 0 Å². The van der Waals surface area contributed by atoms with Crippen LogP contribution in [0, 0.1) is 5.41 Å². The summed E-state index contributed by atoms with van der Waals surface area (Å²) in [6, 6.07) is 8.64. The average Bonchev–Trinajstić information content (AvgIpc) is 2.72. The number of Topliss-reactive ketones (excluding diaryl/α,β-unsaturated/α-hetero) is 1. The number of amides is 3. The van der Waals surface area contributed by atoms with E-state index in [2.05, 4.69) is 5.32 Å². The Hall–Kier alpha value is -2.17. The van der Waals surface area contributed by atoms with Crippen LogP contribution in [0.1, 0.15) is 39.7 Å². The van der Waals surface area contributed by atoms with Crippen molar-refractivity contribution in [1.29, 1.82) is 0 Å². The summed E-state index contributed by atoms with van der Waals surface area (Å²) < 4.78 is 0. The fourth-order valence-electron chi connectivity index (χ4n) is 2.51. The van der Waals surface area contributed by atoms with E-state index in [0.29, 0.717) is 6.42 Å². The van der Waals surface area contributed by atoms with Crippen molar-refractivity contribution in [2.24, 2.45) is 5.41 Å². The van der Waals surface area contributed by atoms with Crippen molar-refractivity contribution in [2.75, 3.05) is 6.54 Å². The Balaban J connectivity index is 2.33. The standard InChI is InChI=1S/C17H22N2O3/c1-5-17(12-9-7-6-8-10-12)14(21)19(15(22)18-17)11-13(20)16(2,3)4/h6-10H,5,11H2,1-4H3,(H,18,22)/t17-/m0/s1. The van der Waals surface area contributed by atoms with Gasteiger partial charge in [0.05, 0.1) is 6.54 Å². The molecule has 1 fully saturated rings. The number of nitrogens with zero attached hydrogens (tertiary/aromatic N) is 1. The van der Waals surface area contributed by atoms with Crippen LogP contribution in [0.15, 0.2) is 30.3 Å². The number of ketones is 1. The third-order valence-electron chi connectivity index (χ3n) is 4.11. The highest BCUT2D eigenvalue weighted by Gasteiger charge is 2.51. The Kier molecular flexibility index (Phi) is 4.09. The summed E-state index contributed by atoms with van der Waals surface area (Å²) >= 11 is 0. The number of nitrogens with one attached hydrogen (secondary N) is 1. The molecule has 5 nitrogen and oxygen atoms in total. The zero-order valence-corrected chi connectivity index (χ0v) is 13.5. The average molecular weight is 302 g/mol. The van der Waals surface area contributed by atoms with Gasteiger partial charge in [-0.25, -0.2) is 4.79 Å². The number of hydrogen-bond acceptors (Lipinski definition) is 3. The second kappa shape index (κ2) is 5.55. The van der Waals surface area contributed by atoms with Crippen LogP contribution in [0.25, 0.3) is 0 Å². The molecule has 0 radical (unpaired) electrons. The topological polar surface area (TPSA) is 66.5 Å². The minimum atomic E-state index is -1.07. The Morgan fingerprint density at radius 1 is 1.18 bits per heavy atom. The molecule has 0 aromatic heterocycles. The Bertz CT molecular complexity index is 604. The van der Waals surface area contributed by atoms with Gasteiger partial charge in [0.1, 0.15) is 5.54 Å². The molecule has 1 atom stereocenters. The highest BCUT2D eigenvalue weighted by molar-refractivity contribution is 6.09. The minimum Gasteiger partial charge on any atom is -0.319 e. The number of urea groups is 1. The molecule has 2 rings (SSSR count). The van der Waals surface area contributed by atoms with Gasteiger partial charge in [0.15, 0.2) is 5.78 Å². The summed E-state index contributed by atoms with van der Waals surface area (Å²) in [6.07, 6.45) is 0.432. The van der Waals surface area contributed by atoms with Crippen LogP contribution in [0.2, 0.25) is 0 Å². The monoisotopic (exact) mass is 302 g/mol. The van der Waals surface area contributed by atoms with Gasteiger partial charge in [-0.3, -0.25) is 14.5 Å². The zero-order valence-electron chi connectivity index (χ0n) is 13.5. The smallest absolute Gasteiger partial charge is 0.319 e. The van der Waals surface area contributed by atoms with Crippen LogP contribution < -0.4 is 5.32 Å². The molecule has 1 aromatic rings. The summed E-state index contributed by atoms with van der Waals surface area (Å²) in [5.41, 5.74) is -0.928. The lowest BCUT2D eigenvalue weighted by Gasteiger charge is -2.26. The summed E-state index contributed by atoms with van der Waals surface area (Å²) in [7, 11) is 0. The maximum atomic E-state index is 12.8. The lowest BCUT2D eigenvalue weighted by atomic mass is 9.86. The van der Waals surface area contributed by atoms with Crippen LogP contribution in [0.5, 0.6) is 0 Å². The zero-order chi connectivity index (χ0) is 16.5. The SMILES string of the molecule is CC[C@@]1(c2ccccc2)NC(=O)N(CC(=O)C(C)(C)C)C1=O. The lowest BCUT2D eigenvalue weighted by molar-refractivity contribution is -0.137. The molecule has 1 aliphatic rings. The van der Waals surface area contributed by atoms with Gasteiger partial charge in [-0.2, -0.15) is 0 Å². The second-order valence-electron chi connectivity index (χ2n) is 6.62. The van der Waals surface area contributed by atoms with E-state index in [1.165, 1.54) is 0 Å². The lowest BCUT2D eigenvalue weighted by Crippen LogP contribution is -2.44. The number of carbonyl (C=O) groups is 3. The highest BCUT2D eigenvalue weighted by atomic mass is 16.2. The van der Waals surface area contributed by atoms with Gasteiger partial charge < -0.3 is 5.32 Å². The maximum Gasteiger partial charge on any atom is 0.325 e. The number of imide groups is 1. The van der Waals surface area contributed by atoms with Gasteiger partial charge in [0, 0.05) is 5.41 Å². The first-order valence-electron chi connectivity index (χ1n) is 7.45. The van der Waals surface area contributed by atoms with E-state index in [4.69, 9.17) is 0 Å². The molecule has 22 heavy (non-hydrogen) atoms. The third kappa shape index (κ3) is 2.63.